The Morgan fingerprint density at radius 2 is 2.04 bits per heavy atom. The minimum Gasteiger partial charge on any atom is -0.342 e. The summed E-state index contributed by atoms with van der Waals surface area (Å²) in [6.45, 7) is 2.87. The number of piperidine rings is 1. The Kier molecular flexibility index (Phi) is 4.77. The lowest BCUT2D eigenvalue weighted by molar-refractivity contribution is -0.144. The van der Waals surface area contributed by atoms with E-state index in [0.717, 1.165) is 30.8 Å². The minimum atomic E-state index is -0.0326. The lowest BCUT2D eigenvalue weighted by Crippen LogP contribution is -2.49. The molecule has 136 valence electrons. The average molecular weight is 344 g/mol. The summed E-state index contributed by atoms with van der Waals surface area (Å²) in [4.78, 5) is 29.3. The van der Waals surface area contributed by atoms with E-state index in [1.807, 2.05) is 16.0 Å². The summed E-state index contributed by atoms with van der Waals surface area (Å²) < 4.78 is 0. The molecule has 3 heterocycles. The van der Waals surface area contributed by atoms with Crippen LogP contribution in [-0.4, -0.2) is 51.4 Å². The third-order valence-corrected chi connectivity index (χ3v) is 6.16. The van der Waals surface area contributed by atoms with Crippen molar-refractivity contribution in [3.63, 3.8) is 0 Å². The summed E-state index contributed by atoms with van der Waals surface area (Å²) in [7, 11) is 0. The van der Waals surface area contributed by atoms with E-state index >= 15 is 0 Å². The van der Waals surface area contributed by atoms with E-state index in [9.17, 15) is 9.59 Å². The Morgan fingerprint density at radius 3 is 2.88 bits per heavy atom. The van der Waals surface area contributed by atoms with Gasteiger partial charge in [-0.3, -0.25) is 14.7 Å². The molecule has 1 saturated carbocycles. The molecule has 2 amide bonds. The molecular weight excluding hydrogens is 316 g/mol. The van der Waals surface area contributed by atoms with Crippen LogP contribution in [0, 0.1) is 11.8 Å². The number of hydrogen-bond acceptors (Lipinski definition) is 3. The molecule has 0 spiro atoms. The van der Waals surface area contributed by atoms with Crippen LogP contribution in [0.15, 0.2) is 6.20 Å². The normalized spacial score (nSPS) is 25.1. The van der Waals surface area contributed by atoms with Gasteiger partial charge in [-0.1, -0.05) is 19.3 Å². The van der Waals surface area contributed by atoms with Crippen molar-refractivity contribution >= 4 is 11.8 Å². The number of nitrogens with zero attached hydrogens (tertiary/aromatic N) is 3. The highest BCUT2D eigenvalue weighted by Crippen LogP contribution is 2.28. The third kappa shape index (κ3) is 3.58. The summed E-state index contributed by atoms with van der Waals surface area (Å²) in [5, 5.41) is 7.10. The maximum absolute atomic E-state index is 13.0. The second-order valence-corrected chi connectivity index (χ2v) is 7.92. The Morgan fingerprint density at radius 1 is 1.20 bits per heavy atom. The monoisotopic (exact) mass is 344 g/mol. The zero-order valence-corrected chi connectivity index (χ0v) is 14.9. The minimum absolute atomic E-state index is 0.0326. The Balaban J connectivity index is 1.37. The largest absolute Gasteiger partial charge is 0.342 e. The van der Waals surface area contributed by atoms with Crippen molar-refractivity contribution in [1.29, 1.82) is 0 Å². The number of carbonyl (C=O) groups is 2. The van der Waals surface area contributed by atoms with Crippen LogP contribution in [0.25, 0.3) is 0 Å². The molecule has 6 heteroatoms. The molecule has 1 aromatic rings. The van der Waals surface area contributed by atoms with Crippen LogP contribution >= 0.6 is 0 Å². The fourth-order valence-corrected chi connectivity index (χ4v) is 4.64. The van der Waals surface area contributed by atoms with Crippen LogP contribution in [0.2, 0.25) is 0 Å². The van der Waals surface area contributed by atoms with Crippen molar-refractivity contribution in [3.8, 4) is 0 Å². The predicted octanol–water partition coefficient (Wildman–Crippen LogP) is 2.11. The van der Waals surface area contributed by atoms with Gasteiger partial charge in [0.25, 0.3) is 0 Å². The van der Waals surface area contributed by atoms with Crippen molar-refractivity contribution in [3.05, 3.63) is 17.5 Å². The molecule has 2 fully saturated rings. The average Bonchev–Trinajstić information content (AvgIpc) is 3.11. The molecule has 1 N–H and O–H groups in total. The van der Waals surface area contributed by atoms with Crippen LogP contribution < -0.4 is 0 Å². The summed E-state index contributed by atoms with van der Waals surface area (Å²) in [5.41, 5.74) is 2.28. The van der Waals surface area contributed by atoms with E-state index in [0.29, 0.717) is 31.8 Å². The summed E-state index contributed by atoms with van der Waals surface area (Å²) in [6, 6.07) is 0. The van der Waals surface area contributed by atoms with E-state index in [2.05, 4.69) is 10.2 Å². The van der Waals surface area contributed by atoms with Crippen molar-refractivity contribution in [2.24, 2.45) is 11.8 Å². The number of fused-ring (bicyclic) bond motifs is 1. The number of amides is 2. The zero-order valence-electron chi connectivity index (χ0n) is 14.9. The van der Waals surface area contributed by atoms with Gasteiger partial charge in [-0.15, -0.1) is 0 Å². The number of aromatic nitrogens is 2. The highest BCUT2D eigenvalue weighted by Gasteiger charge is 2.35. The van der Waals surface area contributed by atoms with Gasteiger partial charge < -0.3 is 9.80 Å². The first-order chi connectivity index (χ1) is 12.2. The molecule has 1 aromatic heterocycles. The smallest absolute Gasteiger partial charge is 0.227 e. The van der Waals surface area contributed by atoms with Gasteiger partial charge in [-0.25, -0.2) is 0 Å². The topological polar surface area (TPSA) is 69.3 Å². The zero-order chi connectivity index (χ0) is 17.2. The maximum atomic E-state index is 13.0. The fourth-order valence-electron chi connectivity index (χ4n) is 4.64. The van der Waals surface area contributed by atoms with E-state index in [1.54, 1.807) is 0 Å². The highest BCUT2D eigenvalue weighted by molar-refractivity contribution is 5.84. The third-order valence-electron chi connectivity index (χ3n) is 6.16. The van der Waals surface area contributed by atoms with Crippen molar-refractivity contribution < 1.29 is 9.59 Å². The quantitative estimate of drug-likeness (QED) is 0.913. The number of hydrogen-bond donors (Lipinski definition) is 1. The highest BCUT2D eigenvalue weighted by atomic mass is 16.2. The second kappa shape index (κ2) is 7.18. The maximum Gasteiger partial charge on any atom is 0.227 e. The standard InChI is InChI=1S/C19H28N4O2/c24-18-7-6-15(12-23(18)11-14-4-2-1-3-5-14)19(25)22-9-8-17-16(13-22)10-20-21-17/h10,14-15H,1-9,11-13H2,(H,20,21). The predicted molar refractivity (Wildman–Crippen MR) is 93.6 cm³/mol. The molecule has 0 bridgehead atoms. The first-order valence-corrected chi connectivity index (χ1v) is 9.78. The first kappa shape index (κ1) is 16.6. The molecule has 0 aromatic carbocycles. The molecule has 1 atom stereocenters. The van der Waals surface area contributed by atoms with Crippen LogP contribution in [0.3, 0.4) is 0 Å². The van der Waals surface area contributed by atoms with E-state index < -0.39 is 0 Å². The van der Waals surface area contributed by atoms with Gasteiger partial charge in [0.2, 0.25) is 11.8 Å². The molecule has 4 rings (SSSR count). The van der Waals surface area contributed by atoms with Gasteiger partial charge in [0.1, 0.15) is 0 Å². The number of H-pyrrole nitrogens is 1. The molecule has 2 aliphatic heterocycles. The lowest BCUT2D eigenvalue weighted by Gasteiger charge is -2.38. The van der Waals surface area contributed by atoms with Gasteiger partial charge in [0, 0.05) is 50.3 Å². The molecule has 3 aliphatic rings. The molecule has 1 saturated heterocycles. The Hall–Kier alpha value is -1.85. The molecular formula is C19H28N4O2. The van der Waals surface area contributed by atoms with Crippen LogP contribution in [0.5, 0.6) is 0 Å². The van der Waals surface area contributed by atoms with Gasteiger partial charge in [0.05, 0.1) is 12.1 Å². The number of rotatable bonds is 3. The van der Waals surface area contributed by atoms with Crippen LogP contribution in [0.1, 0.15) is 56.2 Å². The van der Waals surface area contributed by atoms with Crippen LogP contribution in [-0.2, 0) is 22.6 Å². The van der Waals surface area contributed by atoms with Crippen LogP contribution in [0.4, 0.5) is 0 Å². The molecule has 6 nitrogen and oxygen atoms in total. The Labute approximate surface area is 148 Å². The second-order valence-electron chi connectivity index (χ2n) is 7.92. The molecule has 1 unspecified atom stereocenters. The fraction of sp³-hybridized carbons (Fsp3) is 0.737. The van der Waals surface area contributed by atoms with Gasteiger partial charge >= 0.3 is 0 Å². The molecule has 0 radical (unpaired) electrons. The van der Waals surface area contributed by atoms with Crippen molar-refractivity contribution in [1.82, 2.24) is 20.0 Å². The van der Waals surface area contributed by atoms with Crippen molar-refractivity contribution in [2.75, 3.05) is 19.6 Å². The number of aromatic amines is 1. The first-order valence-electron chi connectivity index (χ1n) is 9.78. The van der Waals surface area contributed by atoms with Gasteiger partial charge in [0.15, 0.2) is 0 Å². The van der Waals surface area contributed by atoms with E-state index in [1.165, 1.54) is 32.1 Å². The van der Waals surface area contributed by atoms with Gasteiger partial charge in [-0.05, 0) is 25.2 Å². The molecule has 1 aliphatic carbocycles. The summed E-state index contributed by atoms with van der Waals surface area (Å²) in [6.07, 6.45) is 10.3. The van der Waals surface area contributed by atoms with E-state index in [4.69, 9.17) is 0 Å². The summed E-state index contributed by atoms with van der Waals surface area (Å²) in [5.74, 6) is 1.06. The lowest BCUT2D eigenvalue weighted by atomic mass is 9.87. The molecule has 25 heavy (non-hydrogen) atoms. The van der Waals surface area contributed by atoms with Gasteiger partial charge in [-0.2, -0.15) is 5.10 Å². The number of carbonyl (C=O) groups excluding carboxylic acids is 2. The van der Waals surface area contributed by atoms with E-state index in [-0.39, 0.29) is 17.7 Å². The number of likely N-dealkylation sites (tertiary alicyclic amines) is 1. The Bertz CT molecular complexity index is 635. The van der Waals surface area contributed by atoms with Crippen molar-refractivity contribution in [2.45, 2.75) is 57.9 Å². The number of nitrogens with one attached hydrogen (secondary N) is 1. The SMILES string of the molecule is O=C1CCC(C(=O)N2CCc3[nH]ncc3C2)CN1CC1CCCCC1. The summed E-state index contributed by atoms with van der Waals surface area (Å²) >= 11 is 0.